The van der Waals surface area contributed by atoms with Gasteiger partial charge in [0.15, 0.2) is 5.75 Å². The molecule has 6 aromatic rings. The van der Waals surface area contributed by atoms with Crippen molar-refractivity contribution in [1.29, 1.82) is 0 Å². The fourth-order valence-corrected chi connectivity index (χ4v) is 7.36. The molecule has 0 radical (unpaired) electrons. The van der Waals surface area contributed by atoms with Gasteiger partial charge in [-0.3, -0.25) is 19.4 Å². The Morgan fingerprint density at radius 2 is 1.46 bits per heavy atom. The van der Waals surface area contributed by atoms with Crippen molar-refractivity contribution in [2.75, 3.05) is 18.5 Å². The number of H-pyrrole nitrogens is 1. The van der Waals surface area contributed by atoms with E-state index in [4.69, 9.17) is 4.74 Å². The summed E-state index contributed by atoms with van der Waals surface area (Å²) in [6.45, 7) is 0.555. The first kappa shape index (κ1) is 39.9. The van der Waals surface area contributed by atoms with Gasteiger partial charge in [-0.15, -0.1) is 0 Å². The third-order valence-electron chi connectivity index (χ3n) is 10.4. The van der Waals surface area contributed by atoms with Crippen molar-refractivity contribution in [2.45, 2.75) is 50.5 Å². The fraction of sp³-hybridized carbons (Fsp3) is 0.217. The van der Waals surface area contributed by atoms with Crippen LogP contribution in [0.4, 0.5) is 10.5 Å². The van der Waals surface area contributed by atoms with E-state index in [1.54, 1.807) is 36.5 Å². The summed E-state index contributed by atoms with van der Waals surface area (Å²) in [5, 5.41) is 27.8. The van der Waals surface area contributed by atoms with Gasteiger partial charge in [-0.05, 0) is 70.0 Å². The number of rotatable bonds is 16. The van der Waals surface area contributed by atoms with E-state index < -0.39 is 29.4 Å². The first-order chi connectivity index (χ1) is 28.6. The van der Waals surface area contributed by atoms with Crippen molar-refractivity contribution in [3.63, 3.8) is 0 Å². The molecule has 2 aromatic heterocycles. The number of nitrogens with one attached hydrogen (secondary N) is 4. The molecule has 0 spiro atoms. The topological polar surface area (TPSA) is 200 Å². The predicted molar refractivity (Wildman–Crippen MR) is 223 cm³/mol. The number of carboxylic acid groups (broad SMARTS) is 1. The normalized spacial score (nSPS) is 12.3. The van der Waals surface area contributed by atoms with Crippen molar-refractivity contribution in [3.05, 3.63) is 148 Å². The molecular weight excluding hydrogens is 751 g/mol. The maximum atomic E-state index is 12.8. The average Bonchev–Trinajstić information content (AvgIpc) is 3.55. The zero-order valence-electron chi connectivity index (χ0n) is 32.1. The number of hydrogen-bond acceptors (Lipinski definition) is 8. The maximum absolute atomic E-state index is 12.8. The number of aromatic hydroxyl groups is 1. The van der Waals surface area contributed by atoms with Crippen LogP contribution < -0.4 is 21.5 Å². The molecule has 13 heteroatoms. The number of nitrogens with zero attached hydrogens (tertiary/aromatic N) is 1. The number of hydrogen-bond donors (Lipinski definition) is 6. The molecule has 1 atom stereocenters. The van der Waals surface area contributed by atoms with Crippen molar-refractivity contribution in [2.24, 2.45) is 0 Å². The van der Waals surface area contributed by atoms with Crippen LogP contribution in [-0.4, -0.2) is 63.3 Å². The number of benzene rings is 4. The van der Waals surface area contributed by atoms with E-state index in [1.165, 1.54) is 6.07 Å². The van der Waals surface area contributed by atoms with Crippen LogP contribution in [0, 0.1) is 0 Å². The highest BCUT2D eigenvalue weighted by Gasteiger charge is 2.30. The second-order valence-corrected chi connectivity index (χ2v) is 14.4. The van der Waals surface area contributed by atoms with Gasteiger partial charge in [-0.2, -0.15) is 0 Å². The lowest BCUT2D eigenvalue weighted by molar-refractivity contribution is -0.139. The summed E-state index contributed by atoms with van der Waals surface area (Å²) in [5.74, 6) is -2.01. The van der Waals surface area contributed by atoms with Gasteiger partial charge < -0.3 is 35.9 Å². The Balaban J connectivity index is 0.788. The number of unbranched alkanes of at least 4 members (excludes halogenated alkanes) is 2. The first-order valence-corrected chi connectivity index (χ1v) is 19.4. The van der Waals surface area contributed by atoms with Crippen LogP contribution in [0.5, 0.6) is 5.75 Å². The highest BCUT2D eigenvalue weighted by Crippen LogP contribution is 2.44. The summed E-state index contributed by atoms with van der Waals surface area (Å²) >= 11 is 0. The van der Waals surface area contributed by atoms with Crippen LogP contribution in [0.25, 0.3) is 33.3 Å². The second-order valence-electron chi connectivity index (χ2n) is 14.4. The molecule has 2 heterocycles. The molecule has 1 aliphatic rings. The minimum Gasteiger partial charge on any atom is -0.503 e. The predicted octanol–water partition coefficient (Wildman–Crippen LogP) is 6.69. The minimum absolute atomic E-state index is 0.0257. The second kappa shape index (κ2) is 18.3. The molecular formula is C46H43N5O8. The number of amides is 3. The molecule has 0 saturated carbocycles. The van der Waals surface area contributed by atoms with Crippen LogP contribution in [0.1, 0.15) is 53.9 Å². The van der Waals surface area contributed by atoms with Gasteiger partial charge in [0.1, 0.15) is 12.6 Å². The lowest BCUT2D eigenvalue weighted by Gasteiger charge is -2.17. The third-order valence-corrected chi connectivity index (χ3v) is 10.4. The summed E-state index contributed by atoms with van der Waals surface area (Å²) < 4.78 is 5.54. The highest BCUT2D eigenvalue weighted by atomic mass is 16.5. The SMILES string of the molecule is O=C(Cc1ccc(-c2ccnc3cc(O)c(=O)[nH]c23)cc1)NCCCCCC(=O)Nc1ccc(C[C@H](NC(=O)OCC2c3ccccc3-c3ccccc32)C(=O)O)cc1. The summed E-state index contributed by atoms with van der Waals surface area (Å²) in [7, 11) is 0. The van der Waals surface area contributed by atoms with Crippen molar-refractivity contribution in [1.82, 2.24) is 20.6 Å². The number of aliphatic carboxylic acids is 1. The Labute approximate surface area is 339 Å². The molecule has 0 unspecified atom stereocenters. The van der Waals surface area contributed by atoms with E-state index in [2.05, 4.69) is 25.9 Å². The number of fused-ring (bicyclic) bond motifs is 4. The average molecular weight is 794 g/mol. The Bertz CT molecular complexity index is 2510. The lowest BCUT2D eigenvalue weighted by atomic mass is 9.98. The van der Waals surface area contributed by atoms with E-state index in [9.17, 15) is 34.2 Å². The lowest BCUT2D eigenvalue weighted by Crippen LogP contribution is -2.42. The van der Waals surface area contributed by atoms with Gasteiger partial charge >= 0.3 is 12.1 Å². The Morgan fingerprint density at radius 1 is 0.780 bits per heavy atom. The first-order valence-electron chi connectivity index (χ1n) is 19.4. The van der Waals surface area contributed by atoms with Gasteiger partial charge in [0.25, 0.3) is 5.56 Å². The molecule has 59 heavy (non-hydrogen) atoms. The van der Waals surface area contributed by atoms with E-state index >= 15 is 0 Å². The quantitative estimate of drug-likeness (QED) is 0.0578. The highest BCUT2D eigenvalue weighted by molar-refractivity contribution is 5.92. The number of anilines is 1. The smallest absolute Gasteiger partial charge is 0.407 e. The molecule has 0 saturated heterocycles. The minimum atomic E-state index is -1.21. The number of carbonyl (C=O) groups is 4. The molecule has 0 bridgehead atoms. The summed E-state index contributed by atoms with van der Waals surface area (Å²) in [6.07, 6.45) is 3.41. The van der Waals surface area contributed by atoms with E-state index in [0.717, 1.165) is 45.4 Å². The van der Waals surface area contributed by atoms with Crippen LogP contribution in [0.2, 0.25) is 0 Å². The Hall–Kier alpha value is -7.28. The summed E-state index contributed by atoms with van der Waals surface area (Å²) in [6, 6.07) is 32.1. The van der Waals surface area contributed by atoms with Crippen molar-refractivity contribution < 1.29 is 34.1 Å². The largest absolute Gasteiger partial charge is 0.503 e. The van der Waals surface area contributed by atoms with Crippen LogP contribution in [-0.2, 0) is 32.0 Å². The van der Waals surface area contributed by atoms with Crippen LogP contribution in [0.3, 0.4) is 0 Å². The molecule has 4 aromatic carbocycles. The van der Waals surface area contributed by atoms with Gasteiger partial charge in [-0.25, -0.2) is 9.59 Å². The van der Waals surface area contributed by atoms with E-state index in [-0.39, 0.29) is 37.2 Å². The molecule has 7 rings (SSSR count). The number of ether oxygens (including phenoxy) is 1. The van der Waals surface area contributed by atoms with Crippen LogP contribution >= 0.6 is 0 Å². The molecule has 0 fully saturated rings. The molecule has 0 aliphatic heterocycles. The Kier molecular flexibility index (Phi) is 12.4. The molecule has 3 amide bonds. The molecule has 6 N–H and O–H groups in total. The monoisotopic (exact) mass is 793 g/mol. The van der Waals surface area contributed by atoms with Gasteiger partial charge in [0, 0.05) is 48.8 Å². The zero-order chi connectivity index (χ0) is 41.3. The molecule has 300 valence electrons. The van der Waals surface area contributed by atoms with Gasteiger partial charge in [0.05, 0.1) is 17.5 Å². The Morgan fingerprint density at radius 3 is 2.15 bits per heavy atom. The molecule has 13 nitrogen and oxygen atoms in total. The number of aromatic amines is 1. The summed E-state index contributed by atoms with van der Waals surface area (Å²) in [4.78, 5) is 68.8. The van der Waals surface area contributed by atoms with Crippen molar-refractivity contribution in [3.8, 4) is 28.0 Å². The summed E-state index contributed by atoms with van der Waals surface area (Å²) in [5.41, 5.74) is 8.33. The number of carbonyl (C=O) groups excluding carboxylic acids is 3. The number of aromatic nitrogens is 2. The fourth-order valence-electron chi connectivity index (χ4n) is 7.36. The number of carboxylic acids is 1. The third kappa shape index (κ3) is 9.82. The van der Waals surface area contributed by atoms with E-state index in [0.29, 0.717) is 48.1 Å². The maximum Gasteiger partial charge on any atom is 0.407 e. The molecule has 1 aliphatic carbocycles. The van der Waals surface area contributed by atoms with E-state index in [1.807, 2.05) is 72.8 Å². The van der Waals surface area contributed by atoms with Crippen LogP contribution in [0.15, 0.2) is 120 Å². The number of alkyl carbamates (subject to hydrolysis) is 1. The standard InChI is InChI=1S/C46H43N5O8/c52-40-26-38-43(51-44(40)55)32(21-23-47-38)30-17-13-29(14-18-30)25-42(54)48-22-7-1-2-12-41(53)49-31-19-15-28(16-20-31)24-39(45(56)57)50-46(58)59-27-37-35-10-5-3-8-33(35)34-9-4-6-11-36(34)37/h3-6,8-11,13-21,23,26,37,39,52H,1-2,7,12,22,24-25,27H2,(H,48,54)(H,49,53)(H,50,58)(H,51,55)(H,56,57)/t39-/m0/s1. The number of pyridine rings is 2. The zero-order valence-corrected chi connectivity index (χ0v) is 32.1. The van der Waals surface area contributed by atoms with Gasteiger partial charge in [-0.1, -0.05) is 91.3 Å². The van der Waals surface area contributed by atoms with Crippen molar-refractivity contribution >= 4 is 40.6 Å². The van der Waals surface area contributed by atoms with Gasteiger partial charge in [0.2, 0.25) is 11.8 Å².